The highest BCUT2D eigenvalue weighted by molar-refractivity contribution is 5.99. The van der Waals surface area contributed by atoms with Crippen LogP contribution in [-0.4, -0.2) is 46.8 Å². The standard InChI is InChI=1S/C26H30N6O2/c1-3-25(33)32-13-10-19(11-14-32)18-6-8-20(9-7-18)30-24-15-23(22(17-29-24)26(27)34)31(2)21-5-4-12-28-16-21/h4-9,12,15-17,19H,3,10-11,13-14H2,1-2H3,(H2,27,34)(H,29,30). The quantitative estimate of drug-likeness (QED) is 0.550. The predicted octanol–water partition coefficient (Wildman–Crippen LogP) is 4.20. The molecule has 0 bridgehead atoms. The maximum Gasteiger partial charge on any atom is 0.252 e. The maximum absolute atomic E-state index is 12.0. The van der Waals surface area contributed by atoms with E-state index in [0.29, 0.717) is 29.4 Å². The largest absolute Gasteiger partial charge is 0.365 e. The van der Waals surface area contributed by atoms with E-state index in [1.54, 1.807) is 12.4 Å². The fourth-order valence-electron chi connectivity index (χ4n) is 4.34. The normalized spacial score (nSPS) is 14.0. The number of hydrogen-bond acceptors (Lipinski definition) is 6. The van der Waals surface area contributed by atoms with Gasteiger partial charge in [0, 0.05) is 50.7 Å². The minimum absolute atomic E-state index is 0.237. The number of benzene rings is 1. The lowest BCUT2D eigenvalue weighted by Crippen LogP contribution is -2.37. The molecule has 0 atom stereocenters. The first-order valence-corrected chi connectivity index (χ1v) is 11.5. The average molecular weight is 459 g/mol. The zero-order chi connectivity index (χ0) is 24.1. The molecule has 2 aromatic heterocycles. The molecular formula is C26H30N6O2. The van der Waals surface area contributed by atoms with Crippen LogP contribution in [0.25, 0.3) is 0 Å². The number of rotatable bonds is 7. The van der Waals surface area contributed by atoms with E-state index in [4.69, 9.17) is 5.73 Å². The third-order valence-electron chi connectivity index (χ3n) is 6.35. The number of hydrogen-bond donors (Lipinski definition) is 2. The molecule has 4 rings (SSSR count). The molecule has 1 aromatic carbocycles. The smallest absolute Gasteiger partial charge is 0.252 e. The van der Waals surface area contributed by atoms with Gasteiger partial charge in [-0.25, -0.2) is 4.98 Å². The summed E-state index contributed by atoms with van der Waals surface area (Å²) in [5.41, 5.74) is 9.58. The molecule has 0 radical (unpaired) electrons. The Bertz CT molecular complexity index is 1140. The average Bonchev–Trinajstić information content (AvgIpc) is 2.88. The van der Waals surface area contributed by atoms with Gasteiger partial charge >= 0.3 is 0 Å². The first kappa shape index (κ1) is 23.2. The Kier molecular flexibility index (Phi) is 7.06. The van der Waals surface area contributed by atoms with Gasteiger partial charge in [0.2, 0.25) is 5.91 Å². The van der Waals surface area contributed by atoms with E-state index in [2.05, 4.69) is 27.4 Å². The molecule has 3 heterocycles. The van der Waals surface area contributed by atoms with Crippen molar-refractivity contribution in [1.82, 2.24) is 14.9 Å². The predicted molar refractivity (Wildman–Crippen MR) is 134 cm³/mol. The Morgan fingerprint density at radius 2 is 1.88 bits per heavy atom. The number of primary amides is 1. The van der Waals surface area contributed by atoms with Crippen LogP contribution >= 0.6 is 0 Å². The van der Waals surface area contributed by atoms with Crippen LogP contribution in [0.2, 0.25) is 0 Å². The number of aromatic nitrogens is 2. The highest BCUT2D eigenvalue weighted by Gasteiger charge is 2.23. The summed E-state index contributed by atoms with van der Waals surface area (Å²) in [5, 5.41) is 3.32. The topological polar surface area (TPSA) is 104 Å². The van der Waals surface area contributed by atoms with Crippen LogP contribution in [-0.2, 0) is 4.79 Å². The van der Waals surface area contributed by atoms with E-state index < -0.39 is 5.91 Å². The van der Waals surface area contributed by atoms with E-state index in [1.165, 1.54) is 11.8 Å². The van der Waals surface area contributed by atoms with Crippen molar-refractivity contribution < 1.29 is 9.59 Å². The summed E-state index contributed by atoms with van der Waals surface area (Å²) in [7, 11) is 1.86. The van der Waals surface area contributed by atoms with Gasteiger partial charge in [-0.2, -0.15) is 0 Å². The Morgan fingerprint density at radius 3 is 2.50 bits per heavy atom. The Morgan fingerprint density at radius 1 is 1.15 bits per heavy atom. The first-order valence-electron chi connectivity index (χ1n) is 11.5. The molecule has 1 fully saturated rings. The molecule has 1 aliphatic heterocycles. The van der Waals surface area contributed by atoms with Gasteiger partial charge in [-0.15, -0.1) is 0 Å². The monoisotopic (exact) mass is 458 g/mol. The second-order valence-electron chi connectivity index (χ2n) is 8.48. The van der Waals surface area contributed by atoms with Crippen molar-refractivity contribution >= 4 is 34.7 Å². The highest BCUT2D eigenvalue weighted by Crippen LogP contribution is 2.31. The Balaban J connectivity index is 1.48. The fourth-order valence-corrected chi connectivity index (χ4v) is 4.34. The molecule has 0 saturated carbocycles. The van der Waals surface area contributed by atoms with Crippen LogP contribution in [0.3, 0.4) is 0 Å². The summed E-state index contributed by atoms with van der Waals surface area (Å²) in [4.78, 5) is 36.3. The summed E-state index contributed by atoms with van der Waals surface area (Å²) >= 11 is 0. The minimum atomic E-state index is -0.541. The van der Waals surface area contributed by atoms with Gasteiger partial charge < -0.3 is 20.9 Å². The van der Waals surface area contributed by atoms with Crippen LogP contribution < -0.4 is 16.0 Å². The SMILES string of the molecule is CCC(=O)N1CCC(c2ccc(Nc3cc(N(C)c4cccnc4)c(C(N)=O)cn3)cc2)CC1. The zero-order valence-corrected chi connectivity index (χ0v) is 19.6. The van der Waals surface area contributed by atoms with E-state index in [9.17, 15) is 9.59 Å². The number of amides is 2. The van der Waals surface area contributed by atoms with Gasteiger partial charge in [0.25, 0.3) is 5.91 Å². The Labute approximate surface area is 199 Å². The molecule has 0 aliphatic carbocycles. The molecule has 0 unspecified atom stereocenters. The lowest BCUT2D eigenvalue weighted by atomic mass is 9.89. The van der Waals surface area contributed by atoms with Crippen LogP contribution in [0.15, 0.2) is 61.1 Å². The highest BCUT2D eigenvalue weighted by atomic mass is 16.2. The second-order valence-corrected chi connectivity index (χ2v) is 8.48. The van der Waals surface area contributed by atoms with E-state index in [0.717, 1.165) is 37.3 Å². The van der Waals surface area contributed by atoms with E-state index in [-0.39, 0.29) is 5.91 Å². The number of nitrogens with two attached hydrogens (primary N) is 1. The van der Waals surface area contributed by atoms with Crippen molar-refractivity contribution in [2.24, 2.45) is 5.73 Å². The number of anilines is 4. The van der Waals surface area contributed by atoms with Gasteiger partial charge in [0.05, 0.1) is 23.1 Å². The van der Waals surface area contributed by atoms with Crippen LogP contribution in [0.4, 0.5) is 22.9 Å². The summed E-state index contributed by atoms with van der Waals surface area (Å²) in [6, 6.07) is 13.9. The molecule has 1 aliphatic rings. The van der Waals surface area contributed by atoms with Crippen molar-refractivity contribution in [3.05, 3.63) is 72.2 Å². The number of nitrogens with zero attached hydrogens (tertiary/aromatic N) is 4. The molecule has 0 spiro atoms. The summed E-state index contributed by atoms with van der Waals surface area (Å²) in [6.07, 6.45) is 7.45. The molecule has 8 nitrogen and oxygen atoms in total. The van der Waals surface area contributed by atoms with Crippen molar-refractivity contribution in [2.45, 2.75) is 32.1 Å². The van der Waals surface area contributed by atoms with Crippen molar-refractivity contribution in [2.75, 3.05) is 30.4 Å². The third kappa shape index (κ3) is 5.17. The number of likely N-dealkylation sites (tertiary alicyclic amines) is 1. The van der Waals surface area contributed by atoms with Gasteiger partial charge in [0.15, 0.2) is 0 Å². The van der Waals surface area contributed by atoms with Crippen LogP contribution in [0.5, 0.6) is 0 Å². The third-order valence-corrected chi connectivity index (χ3v) is 6.35. The molecule has 3 aromatic rings. The summed E-state index contributed by atoms with van der Waals surface area (Å²) in [5.74, 6) is 0.764. The zero-order valence-electron chi connectivity index (χ0n) is 19.6. The molecule has 1 saturated heterocycles. The number of carbonyl (C=O) groups is 2. The summed E-state index contributed by atoms with van der Waals surface area (Å²) < 4.78 is 0. The number of piperidine rings is 1. The van der Waals surface area contributed by atoms with Gasteiger partial charge in [-0.1, -0.05) is 19.1 Å². The van der Waals surface area contributed by atoms with E-state index >= 15 is 0 Å². The minimum Gasteiger partial charge on any atom is -0.365 e. The lowest BCUT2D eigenvalue weighted by Gasteiger charge is -2.32. The van der Waals surface area contributed by atoms with Gasteiger partial charge in [0.1, 0.15) is 5.82 Å². The number of pyridine rings is 2. The second kappa shape index (κ2) is 10.3. The molecule has 2 amide bonds. The fraction of sp³-hybridized carbons (Fsp3) is 0.308. The molecule has 8 heteroatoms. The van der Waals surface area contributed by atoms with Crippen molar-refractivity contribution in [3.8, 4) is 0 Å². The first-order chi connectivity index (χ1) is 16.5. The lowest BCUT2D eigenvalue weighted by molar-refractivity contribution is -0.131. The maximum atomic E-state index is 12.0. The molecule has 176 valence electrons. The van der Waals surface area contributed by atoms with Crippen molar-refractivity contribution in [1.29, 1.82) is 0 Å². The van der Waals surface area contributed by atoms with Crippen LogP contribution in [0, 0.1) is 0 Å². The van der Waals surface area contributed by atoms with Gasteiger partial charge in [-0.05, 0) is 48.6 Å². The summed E-state index contributed by atoms with van der Waals surface area (Å²) in [6.45, 7) is 3.55. The molecule has 34 heavy (non-hydrogen) atoms. The van der Waals surface area contributed by atoms with Gasteiger partial charge in [-0.3, -0.25) is 14.6 Å². The number of carbonyl (C=O) groups excluding carboxylic acids is 2. The van der Waals surface area contributed by atoms with Crippen molar-refractivity contribution in [3.63, 3.8) is 0 Å². The van der Waals surface area contributed by atoms with E-state index in [1.807, 2.05) is 54.1 Å². The van der Waals surface area contributed by atoms with Crippen LogP contribution in [0.1, 0.15) is 48.0 Å². The number of nitrogens with one attached hydrogen (secondary N) is 1. The Hall–Kier alpha value is -3.94. The molecular weight excluding hydrogens is 428 g/mol. The molecule has 3 N–H and O–H groups in total.